The Morgan fingerprint density at radius 3 is 2.30 bits per heavy atom. The first-order valence-electron chi connectivity index (χ1n) is 7.66. The van der Waals surface area contributed by atoms with Crippen molar-refractivity contribution in [1.29, 1.82) is 0 Å². The molecule has 0 radical (unpaired) electrons. The lowest BCUT2D eigenvalue weighted by Crippen LogP contribution is -2.16. The molecule has 0 amide bonds. The number of ether oxygens (including phenoxy) is 1. The van der Waals surface area contributed by atoms with Crippen molar-refractivity contribution < 1.29 is 9.13 Å². The molecular formula is C18H20Br2FNO. The Bertz CT molecular complexity index is 608. The Hall–Kier alpha value is -0.910. The zero-order chi connectivity index (χ0) is 16.7. The van der Waals surface area contributed by atoms with Crippen molar-refractivity contribution in [3.63, 3.8) is 0 Å². The molecule has 0 atom stereocenters. The van der Waals surface area contributed by atoms with Crippen LogP contribution in [0.4, 0.5) is 4.39 Å². The monoisotopic (exact) mass is 443 g/mol. The van der Waals surface area contributed by atoms with Gasteiger partial charge in [0.05, 0.1) is 15.6 Å². The molecule has 0 fully saturated rings. The molecule has 1 N–H and O–H groups in total. The molecule has 0 unspecified atom stereocenters. The van der Waals surface area contributed by atoms with Gasteiger partial charge in [-0.15, -0.1) is 0 Å². The van der Waals surface area contributed by atoms with Gasteiger partial charge in [-0.1, -0.05) is 19.1 Å². The summed E-state index contributed by atoms with van der Waals surface area (Å²) in [7, 11) is 0. The minimum atomic E-state index is -0.193. The molecule has 0 aliphatic rings. The Morgan fingerprint density at radius 1 is 1.04 bits per heavy atom. The van der Waals surface area contributed by atoms with Gasteiger partial charge < -0.3 is 10.1 Å². The van der Waals surface area contributed by atoms with Crippen LogP contribution in [-0.2, 0) is 13.0 Å². The third kappa shape index (κ3) is 5.90. The van der Waals surface area contributed by atoms with E-state index >= 15 is 0 Å². The molecule has 2 aromatic rings. The summed E-state index contributed by atoms with van der Waals surface area (Å²) in [5, 5.41) is 3.41. The van der Waals surface area contributed by atoms with E-state index in [9.17, 15) is 4.39 Å². The van der Waals surface area contributed by atoms with Crippen LogP contribution in [0.25, 0.3) is 0 Å². The molecule has 2 rings (SSSR count). The molecule has 23 heavy (non-hydrogen) atoms. The fraction of sp³-hybridized carbons (Fsp3) is 0.333. The first-order valence-corrected chi connectivity index (χ1v) is 9.24. The first-order chi connectivity index (χ1) is 11.1. The van der Waals surface area contributed by atoms with Crippen molar-refractivity contribution in [3.05, 3.63) is 62.3 Å². The Labute approximate surface area is 153 Å². The second-order valence-electron chi connectivity index (χ2n) is 5.29. The lowest BCUT2D eigenvalue weighted by Gasteiger charge is -2.12. The summed E-state index contributed by atoms with van der Waals surface area (Å²) in [4.78, 5) is 0. The van der Waals surface area contributed by atoms with Gasteiger partial charge in [0.25, 0.3) is 0 Å². The molecule has 0 aliphatic carbocycles. The molecule has 0 aliphatic heterocycles. The van der Waals surface area contributed by atoms with Gasteiger partial charge in [0.2, 0.25) is 0 Å². The van der Waals surface area contributed by atoms with Gasteiger partial charge in [0.1, 0.15) is 11.6 Å². The molecule has 2 aromatic carbocycles. The van der Waals surface area contributed by atoms with Gasteiger partial charge in [-0.2, -0.15) is 0 Å². The zero-order valence-corrected chi connectivity index (χ0v) is 16.2. The smallest absolute Gasteiger partial charge is 0.147 e. The molecule has 2 nitrogen and oxygen atoms in total. The number of benzene rings is 2. The molecule has 0 saturated carbocycles. The average Bonchev–Trinajstić information content (AvgIpc) is 2.52. The van der Waals surface area contributed by atoms with Crippen molar-refractivity contribution in [2.45, 2.75) is 26.3 Å². The van der Waals surface area contributed by atoms with E-state index in [1.165, 1.54) is 17.7 Å². The van der Waals surface area contributed by atoms with Crippen LogP contribution in [0.5, 0.6) is 5.75 Å². The Balaban J connectivity index is 1.84. The topological polar surface area (TPSA) is 21.3 Å². The molecule has 0 bridgehead atoms. The highest BCUT2D eigenvalue weighted by atomic mass is 79.9. The largest absolute Gasteiger partial charge is 0.491 e. The summed E-state index contributed by atoms with van der Waals surface area (Å²) in [5.74, 6) is 0.656. The second kappa shape index (κ2) is 9.40. The van der Waals surface area contributed by atoms with Crippen LogP contribution >= 0.6 is 31.9 Å². The van der Waals surface area contributed by atoms with E-state index < -0.39 is 0 Å². The van der Waals surface area contributed by atoms with Gasteiger partial charge in [-0.05, 0) is 86.6 Å². The quantitative estimate of drug-likeness (QED) is 0.545. The maximum Gasteiger partial charge on any atom is 0.147 e. The predicted molar refractivity (Wildman–Crippen MR) is 99.4 cm³/mol. The number of nitrogens with one attached hydrogen (secondary N) is 1. The zero-order valence-electron chi connectivity index (χ0n) is 13.0. The van der Waals surface area contributed by atoms with E-state index in [4.69, 9.17) is 4.74 Å². The lowest BCUT2D eigenvalue weighted by molar-refractivity contribution is 0.313. The minimum Gasteiger partial charge on any atom is -0.491 e. The van der Waals surface area contributed by atoms with Crippen LogP contribution in [-0.4, -0.2) is 13.2 Å². The molecule has 5 heteroatoms. The Kier molecular flexibility index (Phi) is 7.53. The highest BCUT2D eigenvalue weighted by Gasteiger charge is 2.08. The summed E-state index contributed by atoms with van der Waals surface area (Å²) in [6, 6.07) is 10.8. The van der Waals surface area contributed by atoms with E-state index in [1.54, 1.807) is 0 Å². The van der Waals surface area contributed by atoms with Crippen LogP contribution in [0.2, 0.25) is 0 Å². The molecule has 0 spiro atoms. The number of hydrogen-bond donors (Lipinski definition) is 1. The maximum atomic E-state index is 12.8. The van der Waals surface area contributed by atoms with Crippen molar-refractivity contribution >= 4 is 31.9 Å². The van der Waals surface area contributed by atoms with Crippen LogP contribution in [0.15, 0.2) is 45.3 Å². The summed E-state index contributed by atoms with van der Waals surface area (Å²) in [5.41, 5.74) is 2.30. The van der Waals surface area contributed by atoms with Crippen LogP contribution in [0, 0.1) is 5.82 Å². The van der Waals surface area contributed by atoms with Gasteiger partial charge >= 0.3 is 0 Å². The molecule has 0 saturated heterocycles. The number of halogens is 3. The molecule has 124 valence electrons. The number of rotatable bonds is 8. The summed E-state index contributed by atoms with van der Waals surface area (Å²) >= 11 is 7.12. The van der Waals surface area contributed by atoms with E-state index in [2.05, 4.69) is 56.2 Å². The van der Waals surface area contributed by atoms with Crippen molar-refractivity contribution in [3.8, 4) is 5.75 Å². The number of hydrogen-bond acceptors (Lipinski definition) is 2. The summed E-state index contributed by atoms with van der Waals surface area (Å²) in [6.45, 7) is 4.40. The third-order valence-corrected chi connectivity index (χ3v) is 4.52. The molecular weight excluding hydrogens is 425 g/mol. The third-order valence-electron chi connectivity index (χ3n) is 3.34. The highest BCUT2D eigenvalue weighted by Crippen LogP contribution is 2.34. The molecule has 0 aromatic heterocycles. The fourth-order valence-corrected chi connectivity index (χ4v) is 3.68. The van der Waals surface area contributed by atoms with E-state index in [1.807, 2.05) is 12.1 Å². The van der Waals surface area contributed by atoms with Crippen LogP contribution in [0.1, 0.15) is 24.5 Å². The van der Waals surface area contributed by atoms with Crippen LogP contribution < -0.4 is 10.1 Å². The SMILES string of the molecule is CCCOc1c(Br)cc(CNCCc2ccc(F)cc2)cc1Br. The fourth-order valence-electron chi connectivity index (χ4n) is 2.17. The second-order valence-corrected chi connectivity index (χ2v) is 7.00. The average molecular weight is 445 g/mol. The van der Waals surface area contributed by atoms with Gasteiger partial charge in [-0.3, -0.25) is 0 Å². The minimum absolute atomic E-state index is 0.193. The Morgan fingerprint density at radius 2 is 1.70 bits per heavy atom. The standard InChI is InChI=1S/C18H20Br2FNO/c1-2-9-23-18-16(19)10-14(11-17(18)20)12-22-8-7-13-3-5-15(21)6-4-13/h3-6,10-11,22H,2,7-9,12H2,1H3. The van der Waals surface area contributed by atoms with E-state index in [-0.39, 0.29) is 5.82 Å². The van der Waals surface area contributed by atoms with E-state index in [0.717, 1.165) is 46.2 Å². The van der Waals surface area contributed by atoms with Crippen molar-refractivity contribution in [1.82, 2.24) is 5.32 Å². The molecule has 0 heterocycles. The van der Waals surface area contributed by atoms with Crippen LogP contribution in [0.3, 0.4) is 0 Å². The highest BCUT2D eigenvalue weighted by molar-refractivity contribution is 9.11. The summed E-state index contributed by atoms with van der Waals surface area (Å²) < 4.78 is 20.5. The van der Waals surface area contributed by atoms with E-state index in [0.29, 0.717) is 6.61 Å². The van der Waals surface area contributed by atoms with Crippen molar-refractivity contribution in [2.75, 3.05) is 13.2 Å². The van der Waals surface area contributed by atoms with Gasteiger partial charge in [-0.25, -0.2) is 4.39 Å². The van der Waals surface area contributed by atoms with Gasteiger partial charge in [0, 0.05) is 6.54 Å². The summed E-state index contributed by atoms with van der Waals surface area (Å²) in [6.07, 6.45) is 1.85. The first kappa shape index (κ1) is 18.4. The van der Waals surface area contributed by atoms with Crippen molar-refractivity contribution in [2.24, 2.45) is 0 Å². The van der Waals surface area contributed by atoms with Gasteiger partial charge in [0.15, 0.2) is 0 Å². The normalized spacial score (nSPS) is 10.8. The lowest BCUT2D eigenvalue weighted by atomic mass is 10.1. The maximum absolute atomic E-state index is 12.8. The predicted octanol–water partition coefficient (Wildman–Crippen LogP) is 5.47.